The Morgan fingerprint density at radius 1 is 1.41 bits per heavy atom. The maximum atomic E-state index is 13.0. The van der Waals surface area contributed by atoms with E-state index in [4.69, 9.17) is 0 Å². The summed E-state index contributed by atoms with van der Waals surface area (Å²) in [6.07, 6.45) is 0.316. The Kier molecular flexibility index (Phi) is 5.08. The van der Waals surface area contributed by atoms with Gasteiger partial charge in [-0.1, -0.05) is 19.1 Å². The summed E-state index contributed by atoms with van der Waals surface area (Å²) in [6, 6.07) is 5.91. The third-order valence-electron chi connectivity index (χ3n) is 2.76. The molecule has 0 amide bonds. The van der Waals surface area contributed by atoms with E-state index >= 15 is 0 Å². The van der Waals surface area contributed by atoms with Crippen LogP contribution in [0.1, 0.15) is 24.8 Å². The predicted molar refractivity (Wildman–Crippen MR) is 65.2 cm³/mol. The van der Waals surface area contributed by atoms with Gasteiger partial charge in [0.15, 0.2) is 0 Å². The minimum Gasteiger partial charge on any atom is -0.396 e. The molecule has 5 heteroatoms. The summed E-state index contributed by atoms with van der Waals surface area (Å²) in [5.41, 5.74) is 0.638. The zero-order chi connectivity index (χ0) is 12.9. The zero-order valence-electron chi connectivity index (χ0n) is 9.77. The van der Waals surface area contributed by atoms with Crippen molar-refractivity contribution in [3.8, 4) is 0 Å². The lowest BCUT2D eigenvalue weighted by Gasteiger charge is -2.14. The van der Waals surface area contributed by atoms with Gasteiger partial charge in [-0.25, -0.2) is 12.8 Å². The lowest BCUT2D eigenvalue weighted by Crippen LogP contribution is -2.14. The molecule has 1 rings (SSSR count). The zero-order valence-corrected chi connectivity index (χ0v) is 10.6. The fourth-order valence-corrected chi connectivity index (χ4v) is 2.52. The summed E-state index contributed by atoms with van der Waals surface area (Å²) in [4.78, 5) is 0. The molecule has 1 aromatic rings. The molecule has 0 heterocycles. The molecule has 0 bridgehead atoms. The maximum absolute atomic E-state index is 13.0. The highest BCUT2D eigenvalue weighted by atomic mass is 32.2. The van der Waals surface area contributed by atoms with Crippen molar-refractivity contribution in [3.05, 3.63) is 35.6 Å². The van der Waals surface area contributed by atoms with E-state index in [0.717, 1.165) is 0 Å². The van der Waals surface area contributed by atoms with Gasteiger partial charge < -0.3 is 5.11 Å². The molecule has 96 valence electrons. The quantitative estimate of drug-likeness (QED) is 0.847. The molecule has 0 spiro atoms. The SMILES string of the molecule is CCS(=O)(=O)CCC(CO)c1cccc(F)c1. The van der Waals surface area contributed by atoms with Crippen molar-refractivity contribution < 1.29 is 17.9 Å². The van der Waals surface area contributed by atoms with Gasteiger partial charge in [-0.05, 0) is 24.1 Å². The molecular formula is C12H17FO3S. The molecule has 0 radical (unpaired) electrons. The van der Waals surface area contributed by atoms with E-state index in [2.05, 4.69) is 0 Å². The van der Waals surface area contributed by atoms with E-state index < -0.39 is 9.84 Å². The highest BCUT2D eigenvalue weighted by Gasteiger charge is 2.15. The standard InChI is InChI=1S/C12H17FO3S/c1-2-17(15,16)7-6-11(9-14)10-4-3-5-12(13)8-10/h3-5,8,11,14H,2,6-7,9H2,1H3. The van der Waals surface area contributed by atoms with Crippen LogP contribution in [0.15, 0.2) is 24.3 Å². The average molecular weight is 260 g/mol. The van der Waals surface area contributed by atoms with Crippen LogP contribution in [0.3, 0.4) is 0 Å². The van der Waals surface area contributed by atoms with Crippen LogP contribution in [0.25, 0.3) is 0 Å². The Balaban J connectivity index is 2.73. The monoisotopic (exact) mass is 260 g/mol. The molecule has 0 aliphatic heterocycles. The summed E-state index contributed by atoms with van der Waals surface area (Å²) in [7, 11) is -3.05. The Labute approximate surface area is 101 Å². The van der Waals surface area contributed by atoms with Crippen molar-refractivity contribution in [2.24, 2.45) is 0 Å². The Hall–Kier alpha value is -0.940. The summed E-state index contributed by atoms with van der Waals surface area (Å²) >= 11 is 0. The van der Waals surface area contributed by atoms with E-state index in [1.165, 1.54) is 12.1 Å². The first kappa shape index (κ1) is 14.1. The molecule has 1 atom stereocenters. The van der Waals surface area contributed by atoms with Gasteiger partial charge in [0, 0.05) is 18.3 Å². The van der Waals surface area contributed by atoms with Crippen molar-refractivity contribution in [1.29, 1.82) is 0 Å². The molecule has 3 nitrogen and oxygen atoms in total. The molecule has 1 N–H and O–H groups in total. The highest BCUT2D eigenvalue weighted by molar-refractivity contribution is 7.91. The molecule has 1 aromatic carbocycles. The van der Waals surface area contributed by atoms with Crippen LogP contribution in [0, 0.1) is 5.82 Å². The fourth-order valence-electron chi connectivity index (χ4n) is 1.59. The number of aliphatic hydroxyl groups excluding tert-OH is 1. The summed E-state index contributed by atoms with van der Waals surface area (Å²) in [5, 5.41) is 9.22. The summed E-state index contributed by atoms with van der Waals surface area (Å²) < 4.78 is 35.7. The molecule has 0 saturated heterocycles. The number of aliphatic hydroxyl groups is 1. The van der Waals surface area contributed by atoms with Gasteiger partial charge in [0.05, 0.1) is 5.75 Å². The maximum Gasteiger partial charge on any atom is 0.150 e. The van der Waals surface area contributed by atoms with E-state index in [-0.39, 0.29) is 29.8 Å². The molecule has 1 unspecified atom stereocenters. The second-order valence-electron chi connectivity index (χ2n) is 3.96. The molecule has 17 heavy (non-hydrogen) atoms. The van der Waals surface area contributed by atoms with Crippen LogP contribution in [-0.2, 0) is 9.84 Å². The summed E-state index contributed by atoms with van der Waals surface area (Å²) in [6.45, 7) is 1.41. The molecule has 0 aliphatic carbocycles. The summed E-state index contributed by atoms with van der Waals surface area (Å²) in [5.74, 6) is -0.592. The van der Waals surface area contributed by atoms with Crippen LogP contribution < -0.4 is 0 Å². The van der Waals surface area contributed by atoms with Gasteiger partial charge in [-0.3, -0.25) is 0 Å². The molecule has 0 aliphatic rings. The van der Waals surface area contributed by atoms with E-state index in [1.807, 2.05) is 0 Å². The highest BCUT2D eigenvalue weighted by Crippen LogP contribution is 2.20. The minimum absolute atomic E-state index is 0.0191. The first-order chi connectivity index (χ1) is 7.98. The first-order valence-corrected chi connectivity index (χ1v) is 7.37. The normalized spacial score (nSPS) is 13.6. The Morgan fingerprint density at radius 2 is 2.12 bits per heavy atom. The second-order valence-corrected chi connectivity index (χ2v) is 6.43. The van der Waals surface area contributed by atoms with Crippen LogP contribution in [0.2, 0.25) is 0 Å². The van der Waals surface area contributed by atoms with Crippen molar-refractivity contribution in [3.63, 3.8) is 0 Å². The van der Waals surface area contributed by atoms with Crippen molar-refractivity contribution >= 4 is 9.84 Å². The van der Waals surface area contributed by atoms with Gasteiger partial charge in [0.2, 0.25) is 0 Å². The van der Waals surface area contributed by atoms with Gasteiger partial charge in [0.1, 0.15) is 15.7 Å². The van der Waals surface area contributed by atoms with Gasteiger partial charge in [-0.15, -0.1) is 0 Å². The number of halogens is 1. The molecule has 0 aromatic heterocycles. The van der Waals surface area contributed by atoms with Crippen molar-refractivity contribution in [2.75, 3.05) is 18.1 Å². The Morgan fingerprint density at radius 3 is 2.65 bits per heavy atom. The number of benzene rings is 1. The van der Waals surface area contributed by atoms with Gasteiger partial charge >= 0.3 is 0 Å². The smallest absolute Gasteiger partial charge is 0.150 e. The molecule has 0 saturated carbocycles. The van der Waals surface area contributed by atoms with Crippen LogP contribution in [0.5, 0.6) is 0 Å². The second kappa shape index (κ2) is 6.12. The number of hydrogen-bond donors (Lipinski definition) is 1. The van der Waals surface area contributed by atoms with Gasteiger partial charge in [0.25, 0.3) is 0 Å². The third-order valence-corrected chi connectivity index (χ3v) is 4.49. The van der Waals surface area contributed by atoms with E-state index in [0.29, 0.717) is 12.0 Å². The third kappa shape index (κ3) is 4.44. The molecular weight excluding hydrogens is 243 g/mol. The predicted octanol–water partition coefficient (Wildman–Crippen LogP) is 1.73. The number of rotatable bonds is 6. The fraction of sp³-hybridized carbons (Fsp3) is 0.500. The first-order valence-electron chi connectivity index (χ1n) is 5.55. The van der Waals surface area contributed by atoms with Gasteiger partial charge in [-0.2, -0.15) is 0 Å². The van der Waals surface area contributed by atoms with Crippen LogP contribution in [-0.4, -0.2) is 31.6 Å². The largest absolute Gasteiger partial charge is 0.396 e. The van der Waals surface area contributed by atoms with E-state index in [1.54, 1.807) is 19.1 Å². The Bertz CT molecular complexity index is 457. The number of hydrogen-bond acceptors (Lipinski definition) is 3. The lowest BCUT2D eigenvalue weighted by molar-refractivity contribution is 0.262. The lowest BCUT2D eigenvalue weighted by atomic mass is 9.97. The molecule has 0 fully saturated rings. The van der Waals surface area contributed by atoms with Crippen molar-refractivity contribution in [2.45, 2.75) is 19.3 Å². The number of sulfone groups is 1. The van der Waals surface area contributed by atoms with Crippen molar-refractivity contribution in [1.82, 2.24) is 0 Å². The van der Waals surface area contributed by atoms with Crippen LogP contribution in [0.4, 0.5) is 4.39 Å². The minimum atomic E-state index is -3.05. The average Bonchev–Trinajstić information content (AvgIpc) is 2.30. The van der Waals surface area contributed by atoms with Crippen LogP contribution >= 0.6 is 0 Å². The van der Waals surface area contributed by atoms with E-state index in [9.17, 15) is 17.9 Å². The topological polar surface area (TPSA) is 54.4 Å².